The highest BCUT2D eigenvalue weighted by Gasteiger charge is 2.08. The third-order valence-corrected chi connectivity index (χ3v) is 3.09. The highest BCUT2D eigenvalue weighted by Crippen LogP contribution is 2.21. The zero-order valence-electron chi connectivity index (χ0n) is 12.2. The lowest BCUT2D eigenvalue weighted by molar-refractivity contribution is -0.384. The Balaban J connectivity index is 1.98. The van der Waals surface area contributed by atoms with Crippen molar-refractivity contribution < 1.29 is 10.0 Å². The van der Waals surface area contributed by atoms with Crippen molar-refractivity contribution in [3.8, 4) is 5.75 Å². The molecule has 0 aliphatic rings. The van der Waals surface area contributed by atoms with Gasteiger partial charge in [0.25, 0.3) is 5.69 Å². The van der Waals surface area contributed by atoms with Crippen LogP contribution in [0.2, 0.25) is 0 Å². The number of aromatic hydroxyl groups is 1. The van der Waals surface area contributed by atoms with Gasteiger partial charge in [-0.3, -0.25) is 15.5 Å². The van der Waals surface area contributed by atoms with E-state index in [0.29, 0.717) is 0 Å². The van der Waals surface area contributed by atoms with Gasteiger partial charge in [0, 0.05) is 23.4 Å². The second-order valence-corrected chi connectivity index (χ2v) is 5.10. The van der Waals surface area contributed by atoms with Crippen LogP contribution in [-0.4, -0.2) is 21.4 Å². The van der Waals surface area contributed by atoms with Gasteiger partial charge >= 0.3 is 0 Å². The van der Waals surface area contributed by atoms with E-state index in [0.717, 1.165) is 11.3 Å². The standard InChI is InChI=1S/C15H14N4O3S/c1-10-2-4-12(5-3-10)17-15(23)18-16-9-11-8-13(19(21)22)6-7-14(11)20/h2-9,20H,1H3,(H2,17,18,23)/b16-9-. The maximum absolute atomic E-state index is 10.7. The van der Waals surface area contributed by atoms with Gasteiger partial charge < -0.3 is 10.4 Å². The number of thiocarbonyl (C=S) groups is 1. The van der Waals surface area contributed by atoms with Crippen LogP contribution in [0.15, 0.2) is 47.6 Å². The van der Waals surface area contributed by atoms with E-state index in [1.807, 2.05) is 31.2 Å². The molecule has 7 nitrogen and oxygen atoms in total. The lowest BCUT2D eigenvalue weighted by Gasteiger charge is -2.07. The van der Waals surface area contributed by atoms with E-state index < -0.39 is 4.92 Å². The smallest absolute Gasteiger partial charge is 0.270 e. The van der Waals surface area contributed by atoms with E-state index in [9.17, 15) is 15.2 Å². The molecule has 0 aliphatic heterocycles. The molecule has 2 aromatic rings. The number of rotatable bonds is 4. The number of hydrazone groups is 1. The minimum absolute atomic E-state index is 0.112. The van der Waals surface area contributed by atoms with Crippen LogP contribution in [0.4, 0.5) is 11.4 Å². The van der Waals surface area contributed by atoms with Crippen LogP contribution < -0.4 is 10.7 Å². The summed E-state index contributed by atoms with van der Waals surface area (Å²) in [5.41, 5.74) is 4.60. The fourth-order valence-electron chi connectivity index (χ4n) is 1.72. The van der Waals surface area contributed by atoms with Gasteiger partial charge in [0.05, 0.1) is 11.1 Å². The van der Waals surface area contributed by atoms with E-state index in [2.05, 4.69) is 15.8 Å². The molecule has 0 spiro atoms. The molecule has 118 valence electrons. The predicted octanol–water partition coefficient (Wildman–Crippen LogP) is 2.93. The molecule has 0 heterocycles. The number of phenolic OH excluding ortho intramolecular Hbond substituents is 1. The fourth-order valence-corrected chi connectivity index (χ4v) is 1.89. The molecule has 23 heavy (non-hydrogen) atoms. The van der Waals surface area contributed by atoms with Crippen LogP contribution in [0.3, 0.4) is 0 Å². The third kappa shape index (κ3) is 4.75. The Labute approximate surface area is 137 Å². The van der Waals surface area contributed by atoms with Gasteiger partial charge in [-0.1, -0.05) is 17.7 Å². The Hall–Kier alpha value is -3.00. The zero-order chi connectivity index (χ0) is 16.8. The van der Waals surface area contributed by atoms with Crippen LogP contribution >= 0.6 is 12.2 Å². The quantitative estimate of drug-likeness (QED) is 0.345. The molecule has 3 N–H and O–H groups in total. The molecule has 8 heteroatoms. The Morgan fingerprint density at radius 3 is 2.65 bits per heavy atom. The van der Waals surface area contributed by atoms with Crippen molar-refractivity contribution in [3.63, 3.8) is 0 Å². The minimum atomic E-state index is -0.548. The Bertz CT molecular complexity index is 760. The summed E-state index contributed by atoms with van der Waals surface area (Å²) in [5, 5.41) is 27.4. The molecule has 2 rings (SSSR count). The topological polar surface area (TPSA) is 99.8 Å². The summed E-state index contributed by atoms with van der Waals surface area (Å²) in [5.74, 6) is -0.112. The highest BCUT2D eigenvalue weighted by atomic mass is 32.1. The van der Waals surface area contributed by atoms with E-state index >= 15 is 0 Å². The number of anilines is 1. The largest absolute Gasteiger partial charge is 0.507 e. The molecular weight excluding hydrogens is 316 g/mol. The zero-order valence-corrected chi connectivity index (χ0v) is 13.0. The van der Waals surface area contributed by atoms with Crippen molar-refractivity contribution in [2.24, 2.45) is 5.10 Å². The molecule has 0 saturated heterocycles. The molecule has 0 aliphatic carbocycles. The lowest BCUT2D eigenvalue weighted by atomic mass is 10.2. The average Bonchev–Trinajstić information content (AvgIpc) is 2.51. The number of benzene rings is 2. The molecule has 2 aromatic carbocycles. The fraction of sp³-hybridized carbons (Fsp3) is 0.0667. The number of hydrogen-bond acceptors (Lipinski definition) is 5. The van der Waals surface area contributed by atoms with Crippen LogP contribution in [0.1, 0.15) is 11.1 Å². The van der Waals surface area contributed by atoms with Gasteiger partial charge in [-0.05, 0) is 37.3 Å². The van der Waals surface area contributed by atoms with Crippen molar-refractivity contribution in [3.05, 3.63) is 63.7 Å². The maximum Gasteiger partial charge on any atom is 0.270 e. The molecule has 0 bridgehead atoms. The normalized spacial score (nSPS) is 10.5. The Kier molecular flexibility index (Phi) is 5.21. The van der Waals surface area contributed by atoms with Crippen molar-refractivity contribution in [2.75, 3.05) is 5.32 Å². The Morgan fingerprint density at radius 1 is 1.30 bits per heavy atom. The molecule has 0 unspecified atom stereocenters. The number of hydrogen-bond donors (Lipinski definition) is 3. The van der Waals surface area contributed by atoms with Gasteiger partial charge in [0.15, 0.2) is 5.11 Å². The summed E-state index contributed by atoms with van der Waals surface area (Å²) in [6, 6.07) is 11.3. The highest BCUT2D eigenvalue weighted by molar-refractivity contribution is 7.80. The average molecular weight is 330 g/mol. The molecule has 0 amide bonds. The summed E-state index contributed by atoms with van der Waals surface area (Å²) >= 11 is 5.08. The first-order chi connectivity index (χ1) is 11.0. The lowest BCUT2D eigenvalue weighted by Crippen LogP contribution is -2.23. The number of nitro benzene ring substituents is 1. The summed E-state index contributed by atoms with van der Waals surface area (Å²) in [4.78, 5) is 10.2. The second-order valence-electron chi connectivity index (χ2n) is 4.69. The molecule has 0 aromatic heterocycles. The number of nitrogens with one attached hydrogen (secondary N) is 2. The predicted molar refractivity (Wildman–Crippen MR) is 92.9 cm³/mol. The second kappa shape index (κ2) is 7.32. The molecule has 0 radical (unpaired) electrons. The van der Waals surface area contributed by atoms with Crippen molar-refractivity contribution in [1.82, 2.24) is 5.43 Å². The van der Waals surface area contributed by atoms with Gasteiger partial charge in [-0.15, -0.1) is 0 Å². The van der Waals surface area contributed by atoms with Gasteiger partial charge in [-0.2, -0.15) is 5.10 Å². The van der Waals surface area contributed by atoms with Gasteiger partial charge in [0.2, 0.25) is 0 Å². The van der Waals surface area contributed by atoms with Crippen molar-refractivity contribution in [1.29, 1.82) is 0 Å². The van der Waals surface area contributed by atoms with Crippen LogP contribution in [0.5, 0.6) is 5.75 Å². The summed E-state index contributed by atoms with van der Waals surface area (Å²) in [7, 11) is 0. The van der Waals surface area contributed by atoms with Crippen LogP contribution in [0, 0.1) is 17.0 Å². The SMILES string of the molecule is Cc1ccc(NC(=S)N/N=C\c2cc([N+](=O)[O-])ccc2O)cc1. The first-order valence-electron chi connectivity index (χ1n) is 6.60. The first-order valence-corrected chi connectivity index (χ1v) is 7.00. The van der Waals surface area contributed by atoms with E-state index in [4.69, 9.17) is 12.2 Å². The Morgan fingerprint density at radius 2 is 2.00 bits per heavy atom. The van der Waals surface area contributed by atoms with Crippen molar-refractivity contribution >= 4 is 34.9 Å². The summed E-state index contributed by atoms with van der Waals surface area (Å²) in [6.07, 6.45) is 1.26. The van der Waals surface area contributed by atoms with E-state index in [1.165, 1.54) is 24.4 Å². The minimum Gasteiger partial charge on any atom is -0.507 e. The van der Waals surface area contributed by atoms with Crippen LogP contribution in [-0.2, 0) is 0 Å². The van der Waals surface area contributed by atoms with Crippen molar-refractivity contribution in [2.45, 2.75) is 6.92 Å². The first kappa shape index (κ1) is 16.4. The maximum atomic E-state index is 10.7. The van der Waals surface area contributed by atoms with Gasteiger partial charge in [0.1, 0.15) is 5.75 Å². The number of nitrogens with zero attached hydrogens (tertiary/aromatic N) is 2. The molecule has 0 fully saturated rings. The van der Waals surface area contributed by atoms with E-state index in [-0.39, 0.29) is 22.1 Å². The van der Waals surface area contributed by atoms with Crippen LogP contribution in [0.25, 0.3) is 0 Å². The number of aryl methyl sites for hydroxylation is 1. The summed E-state index contributed by atoms with van der Waals surface area (Å²) < 4.78 is 0. The van der Waals surface area contributed by atoms with Gasteiger partial charge in [-0.25, -0.2) is 0 Å². The number of phenols is 1. The number of non-ortho nitro benzene ring substituents is 1. The third-order valence-electron chi connectivity index (χ3n) is 2.90. The molecule has 0 saturated carbocycles. The van der Waals surface area contributed by atoms with E-state index in [1.54, 1.807) is 0 Å². The molecular formula is C15H14N4O3S. The summed E-state index contributed by atoms with van der Waals surface area (Å²) in [6.45, 7) is 1.98. The molecule has 0 atom stereocenters. The monoisotopic (exact) mass is 330 g/mol. The number of nitro groups is 1.